The summed E-state index contributed by atoms with van der Waals surface area (Å²) in [5, 5.41) is 28.0. The summed E-state index contributed by atoms with van der Waals surface area (Å²) in [5.41, 5.74) is 5.07. The van der Waals surface area contributed by atoms with Crippen LogP contribution >= 0.6 is 11.3 Å². The van der Waals surface area contributed by atoms with E-state index >= 15 is 0 Å². The number of aromatic nitrogens is 3. The van der Waals surface area contributed by atoms with E-state index < -0.39 is 42.0 Å². The zero-order valence-electron chi connectivity index (χ0n) is 12.3. The van der Waals surface area contributed by atoms with Crippen LogP contribution in [0.4, 0.5) is 5.95 Å². The number of aliphatic hydroxyl groups excluding tert-OH is 3. The Morgan fingerprint density at radius 1 is 1.39 bits per heavy atom. The Kier molecular flexibility index (Phi) is 5.49. The largest absolute Gasteiger partial charge is 0.394 e. The number of fused-ring (bicyclic) bond motifs is 1. The van der Waals surface area contributed by atoms with Crippen LogP contribution in [0.15, 0.2) is 9.59 Å². The molecule has 2 aromatic rings. The van der Waals surface area contributed by atoms with Gasteiger partial charge < -0.3 is 25.8 Å². The molecule has 2 rings (SSSR count). The minimum Gasteiger partial charge on any atom is -0.394 e. The predicted molar refractivity (Wildman–Crippen MR) is 83.4 cm³/mol. The maximum Gasteiger partial charge on any atom is 0.309 e. The number of ether oxygens (including phenoxy) is 1. The molecule has 0 aliphatic heterocycles. The smallest absolute Gasteiger partial charge is 0.309 e. The van der Waals surface area contributed by atoms with Gasteiger partial charge >= 0.3 is 4.87 Å². The fourth-order valence-electron chi connectivity index (χ4n) is 2.01. The van der Waals surface area contributed by atoms with Crippen molar-refractivity contribution in [2.75, 3.05) is 18.9 Å². The lowest BCUT2D eigenvalue weighted by Crippen LogP contribution is -2.39. The monoisotopic (exact) mass is 346 g/mol. The van der Waals surface area contributed by atoms with Gasteiger partial charge in [0.05, 0.1) is 25.9 Å². The lowest BCUT2D eigenvalue weighted by atomic mass is 10.2. The van der Waals surface area contributed by atoms with E-state index in [1.807, 2.05) is 0 Å². The van der Waals surface area contributed by atoms with Gasteiger partial charge in [0.15, 0.2) is 5.65 Å². The molecule has 0 saturated heterocycles. The van der Waals surface area contributed by atoms with Crippen LogP contribution in [0, 0.1) is 0 Å². The molecule has 0 amide bonds. The minimum atomic E-state index is -0.989. The van der Waals surface area contributed by atoms with E-state index in [9.17, 15) is 14.7 Å². The van der Waals surface area contributed by atoms with Gasteiger partial charge in [0.25, 0.3) is 5.56 Å². The summed E-state index contributed by atoms with van der Waals surface area (Å²) in [7, 11) is 0. The summed E-state index contributed by atoms with van der Waals surface area (Å²) >= 11 is 0.708. The lowest BCUT2D eigenvalue weighted by molar-refractivity contribution is -0.107. The van der Waals surface area contributed by atoms with Crippen LogP contribution in [0.3, 0.4) is 0 Å². The Labute approximate surface area is 133 Å². The molecule has 6 N–H and O–H groups in total. The number of nitrogens with one attached hydrogen (secondary N) is 1. The van der Waals surface area contributed by atoms with Crippen LogP contribution in [-0.4, -0.2) is 61.4 Å². The molecule has 0 spiro atoms. The quantitative estimate of drug-likeness (QED) is 0.378. The predicted octanol–water partition coefficient (Wildman–Crippen LogP) is -2.15. The van der Waals surface area contributed by atoms with Crippen LogP contribution in [0.1, 0.15) is 6.92 Å². The Bertz CT molecular complexity index is 778. The highest BCUT2D eigenvalue weighted by atomic mass is 32.1. The van der Waals surface area contributed by atoms with Gasteiger partial charge in [-0.2, -0.15) is 4.98 Å². The number of nitrogens with two attached hydrogens (primary N) is 1. The number of nitrogen functional groups attached to an aromatic ring is 1. The van der Waals surface area contributed by atoms with E-state index in [0.717, 1.165) is 0 Å². The van der Waals surface area contributed by atoms with Crippen molar-refractivity contribution in [3.05, 3.63) is 20.0 Å². The number of thiazole rings is 1. The van der Waals surface area contributed by atoms with Crippen molar-refractivity contribution in [3.8, 4) is 0 Å². The number of hydrogen-bond donors (Lipinski definition) is 5. The van der Waals surface area contributed by atoms with Crippen molar-refractivity contribution in [3.63, 3.8) is 0 Å². The molecule has 0 radical (unpaired) electrons. The standard InChI is InChI=1S/C12H18N4O6S/c1-5(19)7(22-6(3-17)4-18)2-16-9-8(23-12(16)21)10(20)15-11(13)14-9/h5-7,17-19H,2-4H2,1H3,(H3,13,14,15,20)/t5?,7-/m0/s1. The average molecular weight is 346 g/mol. The van der Waals surface area contributed by atoms with Gasteiger partial charge in [-0.3, -0.25) is 19.1 Å². The van der Waals surface area contributed by atoms with Gasteiger partial charge in [-0.05, 0) is 6.92 Å². The maximum absolute atomic E-state index is 12.1. The van der Waals surface area contributed by atoms with Gasteiger partial charge in [-0.15, -0.1) is 0 Å². The Balaban J connectivity index is 2.40. The molecule has 2 heterocycles. The van der Waals surface area contributed by atoms with Crippen LogP contribution in [0.2, 0.25) is 0 Å². The highest BCUT2D eigenvalue weighted by Gasteiger charge is 2.24. The minimum absolute atomic E-state index is 0.0973. The fraction of sp³-hybridized carbons (Fsp3) is 0.583. The molecule has 1 unspecified atom stereocenters. The Hall–Kier alpha value is -1.79. The molecular weight excluding hydrogens is 328 g/mol. The van der Waals surface area contributed by atoms with Gasteiger partial charge in [-0.25, -0.2) is 0 Å². The molecule has 2 aromatic heterocycles. The normalized spacial score (nSPS) is 14.5. The molecule has 23 heavy (non-hydrogen) atoms. The molecule has 128 valence electrons. The summed E-state index contributed by atoms with van der Waals surface area (Å²) < 4.78 is 6.69. The van der Waals surface area contributed by atoms with Gasteiger partial charge in [0.1, 0.15) is 16.9 Å². The summed E-state index contributed by atoms with van der Waals surface area (Å²) in [6.07, 6.45) is -2.77. The fourth-order valence-corrected chi connectivity index (χ4v) is 2.85. The number of nitrogens with zero attached hydrogens (tertiary/aromatic N) is 2. The molecule has 2 atom stereocenters. The number of aromatic amines is 1. The summed E-state index contributed by atoms with van der Waals surface area (Å²) in [4.78, 5) is 29.7. The SMILES string of the molecule is CC(O)[C@H](Cn1c(=O)sc2c(=O)[nH]c(N)nc21)OC(CO)CO. The van der Waals surface area contributed by atoms with E-state index in [4.69, 9.17) is 20.7 Å². The Morgan fingerprint density at radius 2 is 2.04 bits per heavy atom. The summed E-state index contributed by atoms with van der Waals surface area (Å²) in [6.45, 7) is 0.460. The van der Waals surface area contributed by atoms with Crippen molar-refractivity contribution < 1.29 is 20.1 Å². The van der Waals surface area contributed by atoms with Crippen molar-refractivity contribution in [1.82, 2.24) is 14.5 Å². The molecule has 11 heteroatoms. The molecule has 0 aliphatic rings. The average Bonchev–Trinajstić information content (AvgIpc) is 2.80. The molecule has 0 fully saturated rings. The first kappa shape index (κ1) is 17.6. The van der Waals surface area contributed by atoms with Crippen molar-refractivity contribution >= 4 is 27.6 Å². The number of aliphatic hydroxyl groups is 3. The van der Waals surface area contributed by atoms with E-state index in [1.54, 1.807) is 0 Å². The number of rotatable bonds is 7. The van der Waals surface area contributed by atoms with Crippen LogP contribution in [0.5, 0.6) is 0 Å². The first-order valence-corrected chi connectivity index (χ1v) is 7.63. The third-order valence-corrected chi connectivity index (χ3v) is 4.18. The first-order chi connectivity index (χ1) is 10.9. The first-order valence-electron chi connectivity index (χ1n) is 6.81. The number of hydrogen-bond acceptors (Lipinski definition) is 9. The summed E-state index contributed by atoms with van der Waals surface area (Å²) in [6, 6.07) is 0. The molecule has 0 bridgehead atoms. The molecule has 10 nitrogen and oxygen atoms in total. The molecule has 0 saturated carbocycles. The third kappa shape index (κ3) is 3.76. The van der Waals surface area contributed by atoms with Crippen molar-refractivity contribution in [2.24, 2.45) is 0 Å². The number of H-pyrrole nitrogens is 1. The zero-order valence-corrected chi connectivity index (χ0v) is 13.1. The lowest BCUT2D eigenvalue weighted by Gasteiger charge is -2.25. The van der Waals surface area contributed by atoms with Crippen molar-refractivity contribution in [1.29, 1.82) is 0 Å². The second-order valence-corrected chi connectivity index (χ2v) is 5.95. The Morgan fingerprint density at radius 3 is 2.61 bits per heavy atom. The topological polar surface area (TPSA) is 164 Å². The number of anilines is 1. The molecule has 0 aromatic carbocycles. The van der Waals surface area contributed by atoms with Crippen LogP contribution in [-0.2, 0) is 11.3 Å². The summed E-state index contributed by atoms with van der Waals surface area (Å²) in [5.74, 6) is -0.132. The van der Waals surface area contributed by atoms with Crippen LogP contribution in [0.25, 0.3) is 10.3 Å². The highest BCUT2D eigenvalue weighted by Crippen LogP contribution is 2.14. The van der Waals surface area contributed by atoms with Crippen LogP contribution < -0.4 is 16.2 Å². The maximum atomic E-state index is 12.1. The van der Waals surface area contributed by atoms with Gasteiger partial charge in [0, 0.05) is 0 Å². The second kappa shape index (κ2) is 7.19. The second-order valence-electron chi connectivity index (χ2n) is 4.98. The van der Waals surface area contributed by atoms with E-state index in [2.05, 4.69) is 9.97 Å². The van der Waals surface area contributed by atoms with E-state index in [1.165, 1.54) is 11.5 Å². The molecular formula is C12H18N4O6S. The zero-order chi connectivity index (χ0) is 17.1. The van der Waals surface area contributed by atoms with Gasteiger partial charge in [-0.1, -0.05) is 11.3 Å². The van der Waals surface area contributed by atoms with E-state index in [0.29, 0.717) is 11.3 Å². The molecule has 0 aliphatic carbocycles. The highest BCUT2D eigenvalue weighted by molar-refractivity contribution is 7.16. The van der Waals surface area contributed by atoms with E-state index in [-0.39, 0.29) is 22.8 Å². The van der Waals surface area contributed by atoms with Crippen molar-refractivity contribution in [2.45, 2.75) is 31.8 Å². The third-order valence-electron chi connectivity index (χ3n) is 3.22. The van der Waals surface area contributed by atoms with Gasteiger partial charge in [0.2, 0.25) is 5.95 Å².